The molecule has 1 aliphatic rings. The first-order valence-electron chi connectivity index (χ1n) is 7.19. The van der Waals surface area contributed by atoms with Gasteiger partial charge in [0.1, 0.15) is 0 Å². The molecule has 0 radical (unpaired) electrons. The van der Waals surface area contributed by atoms with Crippen LogP contribution in [0.4, 0.5) is 0 Å². The third-order valence-electron chi connectivity index (χ3n) is 4.53. The highest BCUT2D eigenvalue weighted by Gasteiger charge is 2.51. The van der Waals surface area contributed by atoms with E-state index >= 15 is 0 Å². The predicted molar refractivity (Wildman–Crippen MR) is 85.0 cm³/mol. The lowest BCUT2D eigenvalue weighted by Gasteiger charge is -2.32. The topological polar surface area (TPSA) is 51.3 Å². The summed E-state index contributed by atoms with van der Waals surface area (Å²) in [7, 11) is -0.404. The molecule has 110 valence electrons. The van der Waals surface area contributed by atoms with Gasteiger partial charge in [-0.1, -0.05) is 12.1 Å². The Kier molecular flexibility index (Phi) is 3.04. The Morgan fingerprint density at radius 2 is 1.67 bits per heavy atom. The second-order valence-corrected chi connectivity index (χ2v) is 6.72. The summed E-state index contributed by atoms with van der Waals surface area (Å²) in [6, 6.07) is 7.66. The minimum atomic E-state index is -0.404. The van der Waals surface area contributed by atoms with Gasteiger partial charge in [-0.2, -0.15) is 0 Å². The van der Waals surface area contributed by atoms with Crippen LogP contribution in [0.1, 0.15) is 33.4 Å². The van der Waals surface area contributed by atoms with Crippen molar-refractivity contribution in [2.24, 2.45) is 0 Å². The zero-order valence-corrected chi connectivity index (χ0v) is 13.1. The van der Waals surface area contributed by atoms with E-state index in [-0.39, 0.29) is 16.8 Å². The fourth-order valence-electron chi connectivity index (χ4n) is 2.55. The maximum Gasteiger partial charge on any atom is 0.494 e. The molecule has 0 saturated carbocycles. The van der Waals surface area contributed by atoms with Crippen LogP contribution in [0.5, 0.6) is 0 Å². The molecule has 1 saturated heterocycles. The second-order valence-electron chi connectivity index (χ2n) is 6.72. The minimum Gasteiger partial charge on any atom is -0.399 e. The molecule has 0 atom stereocenters. The number of H-pyrrole nitrogens is 1. The van der Waals surface area contributed by atoms with E-state index < -0.39 is 7.12 Å². The molecule has 5 heteroatoms. The van der Waals surface area contributed by atoms with Gasteiger partial charge in [0.05, 0.1) is 11.2 Å². The molecule has 0 bridgehead atoms. The normalized spacial score (nSPS) is 20.1. The van der Waals surface area contributed by atoms with Crippen LogP contribution in [0, 0.1) is 6.92 Å². The molecular formula is C16H20BNO3. The highest BCUT2D eigenvalue weighted by molar-refractivity contribution is 6.62. The Morgan fingerprint density at radius 1 is 1.05 bits per heavy atom. The van der Waals surface area contributed by atoms with Crippen molar-refractivity contribution >= 4 is 23.4 Å². The number of hydrogen-bond donors (Lipinski definition) is 1. The molecule has 0 aliphatic carbocycles. The number of hydrogen-bond acceptors (Lipinski definition) is 3. The first-order chi connectivity index (χ1) is 9.69. The zero-order chi connectivity index (χ0) is 15.4. The molecule has 0 amide bonds. The van der Waals surface area contributed by atoms with Gasteiger partial charge in [-0.25, -0.2) is 0 Å². The van der Waals surface area contributed by atoms with Gasteiger partial charge < -0.3 is 14.3 Å². The summed E-state index contributed by atoms with van der Waals surface area (Å²) < 4.78 is 12.1. The summed E-state index contributed by atoms with van der Waals surface area (Å²) in [4.78, 5) is 14.7. The summed E-state index contributed by atoms with van der Waals surface area (Å²) in [5.74, 6) is 0. The van der Waals surface area contributed by atoms with Crippen LogP contribution in [0.25, 0.3) is 10.8 Å². The molecule has 21 heavy (non-hydrogen) atoms. The van der Waals surface area contributed by atoms with Gasteiger partial charge in [0, 0.05) is 11.1 Å². The predicted octanol–water partition coefficient (Wildman–Crippen LogP) is 2.14. The van der Waals surface area contributed by atoms with E-state index in [0.29, 0.717) is 5.39 Å². The van der Waals surface area contributed by atoms with Crippen molar-refractivity contribution in [2.45, 2.75) is 45.8 Å². The number of aromatic nitrogens is 1. The highest BCUT2D eigenvalue weighted by atomic mass is 16.7. The molecule has 1 aromatic heterocycles. The van der Waals surface area contributed by atoms with Gasteiger partial charge in [0.25, 0.3) is 5.56 Å². The lowest BCUT2D eigenvalue weighted by Crippen LogP contribution is -2.41. The number of aromatic amines is 1. The van der Waals surface area contributed by atoms with Crippen LogP contribution in [0.15, 0.2) is 29.1 Å². The van der Waals surface area contributed by atoms with E-state index in [9.17, 15) is 4.79 Å². The van der Waals surface area contributed by atoms with Gasteiger partial charge in [-0.15, -0.1) is 0 Å². The van der Waals surface area contributed by atoms with Crippen LogP contribution in [0.3, 0.4) is 0 Å². The van der Waals surface area contributed by atoms with Crippen LogP contribution < -0.4 is 11.0 Å². The van der Waals surface area contributed by atoms with Gasteiger partial charge in [0.2, 0.25) is 0 Å². The quantitative estimate of drug-likeness (QED) is 0.817. The maximum absolute atomic E-state index is 11.9. The largest absolute Gasteiger partial charge is 0.494 e. The third-order valence-corrected chi connectivity index (χ3v) is 4.53. The molecule has 3 rings (SSSR count). The van der Waals surface area contributed by atoms with Gasteiger partial charge in [-0.05, 0) is 57.6 Å². The summed E-state index contributed by atoms with van der Waals surface area (Å²) in [5.41, 5.74) is 0.989. The average molecular weight is 285 g/mol. The molecule has 0 unspecified atom stereocenters. The number of rotatable bonds is 1. The van der Waals surface area contributed by atoms with Crippen LogP contribution >= 0.6 is 0 Å². The number of nitrogens with one attached hydrogen (secondary N) is 1. The van der Waals surface area contributed by atoms with Crippen molar-refractivity contribution in [3.05, 3.63) is 40.3 Å². The third kappa shape index (κ3) is 2.30. The fourth-order valence-corrected chi connectivity index (χ4v) is 2.55. The standard InChI is InChI=1S/C16H20BNO3/c1-10-8-11-9-12(6-7-13(11)14(19)18-10)17-20-15(2,3)16(4,5)21-17/h6-9H,1-5H3,(H,18,19). The monoisotopic (exact) mass is 285 g/mol. The first-order valence-corrected chi connectivity index (χ1v) is 7.19. The van der Waals surface area contributed by atoms with Crippen molar-refractivity contribution in [3.63, 3.8) is 0 Å². The molecule has 1 aromatic carbocycles. The smallest absolute Gasteiger partial charge is 0.399 e. The Morgan fingerprint density at radius 3 is 2.29 bits per heavy atom. The molecule has 2 aromatic rings. The number of aryl methyl sites for hydroxylation is 1. The van der Waals surface area contributed by atoms with Crippen molar-refractivity contribution in [1.82, 2.24) is 4.98 Å². The molecule has 1 fully saturated rings. The number of fused-ring (bicyclic) bond motifs is 1. The van der Waals surface area contributed by atoms with E-state index in [1.54, 1.807) is 0 Å². The minimum absolute atomic E-state index is 0.0644. The van der Waals surface area contributed by atoms with E-state index in [1.165, 1.54) is 0 Å². The van der Waals surface area contributed by atoms with Crippen LogP contribution in [0.2, 0.25) is 0 Å². The van der Waals surface area contributed by atoms with Gasteiger partial charge in [0.15, 0.2) is 0 Å². The SMILES string of the molecule is Cc1cc2cc(B3OC(C)(C)C(C)(C)O3)ccc2c(=O)[nH]1. The van der Waals surface area contributed by atoms with Crippen molar-refractivity contribution < 1.29 is 9.31 Å². The Balaban J connectivity index is 2.05. The molecule has 2 heterocycles. The van der Waals surface area contributed by atoms with Crippen molar-refractivity contribution in [2.75, 3.05) is 0 Å². The van der Waals surface area contributed by atoms with Crippen LogP contribution in [-0.4, -0.2) is 23.3 Å². The lowest BCUT2D eigenvalue weighted by atomic mass is 9.78. The number of pyridine rings is 1. The fraction of sp³-hybridized carbons (Fsp3) is 0.438. The van der Waals surface area contributed by atoms with E-state index in [2.05, 4.69) is 4.98 Å². The molecule has 4 nitrogen and oxygen atoms in total. The zero-order valence-electron chi connectivity index (χ0n) is 13.1. The number of benzene rings is 1. The highest BCUT2D eigenvalue weighted by Crippen LogP contribution is 2.36. The van der Waals surface area contributed by atoms with E-state index in [4.69, 9.17) is 9.31 Å². The first kappa shape index (κ1) is 14.4. The Bertz CT molecular complexity index is 748. The summed E-state index contributed by atoms with van der Waals surface area (Å²) in [6.45, 7) is 10.00. The molecule has 1 aliphatic heterocycles. The maximum atomic E-state index is 11.9. The van der Waals surface area contributed by atoms with Crippen molar-refractivity contribution in [1.29, 1.82) is 0 Å². The van der Waals surface area contributed by atoms with Gasteiger partial charge in [-0.3, -0.25) is 4.79 Å². The average Bonchev–Trinajstić information content (AvgIpc) is 2.57. The van der Waals surface area contributed by atoms with E-state index in [0.717, 1.165) is 16.5 Å². The Labute approximate surface area is 124 Å². The molecule has 0 spiro atoms. The molecular weight excluding hydrogens is 265 g/mol. The summed E-state index contributed by atoms with van der Waals surface area (Å²) in [5, 5.41) is 1.59. The molecule has 1 N–H and O–H groups in total. The summed E-state index contributed by atoms with van der Waals surface area (Å²) in [6.07, 6.45) is 0. The van der Waals surface area contributed by atoms with Crippen molar-refractivity contribution in [3.8, 4) is 0 Å². The second kappa shape index (κ2) is 4.45. The Hall–Kier alpha value is -1.59. The van der Waals surface area contributed by atoms with Crippen LogP contribution in [-0.2, 0) is 9.31 Å². The van der Waals surface area contributed by atoms with E-state index in [1.807, 2.05) is 58.9 Å². The lowest BCUT2D eigenvalue weighted by molar-refractivity contribution is 0.00578. The summed E-state index contributed by atoms with van der Waals surface area (Å²) >= 11 is 0. The van der Waals surface area contributed by atoms with Gasteiger partial charge >= 0.3 is 7.12 Å².